The predicted octanol–water partition coefficient (Wildman–Crippen LogP) is 5.92. The number of amides is 1. The average molecular weight is 433 g/mol. The summed E-state index contributed by atoms with van der Waals surface area (Å²) in [6.45, 7) is 5.50. The average Bonchev–Trinajstić information content (AvgIpc) is 3.18. The van der Waals surface area contributed by atoms with Crippen molar-refractivity contribution in [1.82, 2.24) is 14.5 Å². The number of hydrogen-bond acceptors (Lipinski definition) is 5. The zero-order valence-corrected chi connectivity index (χ0v) is 18.4. The van der Waals surface area contributed by atoms with E-state index in [1.54, 1.807) is 16.7 Å². The second-order valence-corrected chi connectivity index (χ2v) is 9.21. The van der Waals surface area contributed by atoms with E-state index in [2.05, 4.69) is 9.55 Å². The molecule has 0 atom stereocenters. The van der Waals surface area contributed by atoms with Crippen molar-refractivity contribution in [1.29, 1.82) is 0 Å². The summed E-state index contributed by atoms with van der Waals surface area (Å²) in [6, 6.07) is 4.51. The minimum atomic E-state index is -0.105. The molecule has 28 heavy (non-hydrogen) atoms. The molecule has 5 nitrogen and oxygen atoms in total. The van der Waals surface area contributed by atoms with Gasteiger partial charge in [-0.2, -0.15) is 0 Å². The Hall–Kier alpha value is -1.83. The van der Waals surface area contributed by atoms with Crippen molar-refractivity contribution < 1.29 is 4.79 Å². The van der Waals surface area contributed by atoms with Crippen molar-refractivity contribution >= 4 is 51.4 Å². The van der Waals surface area contributed by atoms with Crippen molar-refractivity contribution in [3.8, 4) is 0 Å². The number of anilines is 2. The van der Waals surface area contributed by atoms with Gasteiger partial charge < -0.3 is 4.57 Å². The third kappa shape index (κ3) is 3.97. The molecule has 0 saturated heterocycles. The summed E-state index contributed by atoms with van der Waals surface area (Å²) in [5.41, 5.74) is 3.66. The molecule has 1 aromatic carbocycles. The second-order valence-electron chi connectivity index (χ2n) is 7.03. The van der Waals surface area contributed by atoms with Gasteiger partial charge in [0.25, 0.3) is 0 Å². The van der Waals surface area contributed by atoms with Crippen LogP contribution in [0.25, 0.3) is 0 Å². The maximum atomic E-state index is 12.4. The highest BCUT2D eigenvalue weighted by atomic mass is 35.5. The lowest BCUT2D eigenvalue weighted by Gasteiger charge is -2.22. The van der Waals surface area contributed by atoms with Crippen molar-refractivity contribution in [3.63, 3.8) is 0 Å². The van der Waals surface area contributed by atoms with E-state index in [9.17, 15) is 4.79 Å². The first kappa shape index (κ1) is 19.5. The molecule has 0 aliphatic heterocycles. The number of thioether (sulfide) groups is 1. The number of nitrogens with zero attached hydrogens (tertiary/aromatic N) is 4. The van der Waals surface area contributed by atoms with Crippen molar-refractivity contribution in [3.05, 3.63) is 51.7 Å². The van der Waals surface area contributed by atoms with Crippen LogP contribution in [-0.2, 0) is 10.5 Å². The lowest BCUT2D eigenvalue weighted by atomic mass is 10.1. The third-order valence-electron chi connectivity index (χ3n) is 4.59. The normalized spacial score (nSPS) is 13.7. The number of carbonyl (C=O) groups is 1. The monoisotopic (exact) mass is 432 g/mol. The lowest BCUT2D eigenvalue weighted by Crippen LogP contribution is -2.24. The van der Waals surface area contributed by atoms with E-state index in [0.29, 0.717) is 27.6 Å². The van der Waals surface area contributed by atoms with Gasteiger partial charge in [0.05, 0.1) is 16.4 Å². The highest BCUT2D eigenvalue weighted by Gasteiger charge is 2.26. The fourth-order valence-electron chi connectivity index (χ4n) is 3.22. The fourth-order valence-corrected chi connectivity index (χ4v) is 5.53. The van der Waals surface area contributed by atoms with Crippen LogP contribution in [-0.4, -0.2) is 20.4 Å². The molecule has 1 fully saturated rings. The molecule has 4 rings (SSSR count). The number of rotatable bonds is 6. The van der Waals surface area contributed by atoms with Crippen molar-refractivity contribution in [2.45, 2.75) is 50.6 Å². The fraction of sp³-hybridized carbons (Fsp3) is 0.350. The number of benzene rings is 1. The van der Waals surface area contributed by atoms with Gasteiger partial charge in [0.2, 0.25) is 5.91 Å². The zero-order valence-electron chi connectivity index (χ0n) is 16.0. The number of hydrogen-bond donors (Lipinski definition) is 0. The molecule has 1 amide bonds. The van der Waals surface area contributed by atoms with Crippen molar-refractivity contribution in [2.24, 2.45) is 0 Å². The Morgan fingerprint density at radius 3 is 2.86 bits per heavy atom. The highest BCUT2D eigenvalue weighted by molar-refractivity contribution is 7.98. The van der Waals surface area contributed by atoms with Gasteiger partial charge in [0, 0.05) is 36.5 Å². The predicted molar refractivity (Wildman–Crippen MR) is 116 cm³/mol. The maximum absolute atomic E-state index is 12.4. The van der Waals surface area contributed by atoms with Gasteiger partial charge in [0.15, 0.2) is 10.3 Å². The van der Waals surface area contributed by atoms with E-state index >= 15 is 0 Å². The van der Waals surface area contributed by atoms with E-state index in [1.807, 2.05) is 43.8 Å². The molecule has 3 aromatic rings. The standard InChI is InChI=1S/C20H21ClN4OS2/c1-12-8-13(2)18(17(21)9-12)25(14(3)26)20-23-15(11-28-20)10-27-19-22-6-7-24(19)16-4-5-16/h6-9,11,16H,4-5,10H2,1-3H3. The largest absolute Gasteiger partial charge is 0.323 e. The number of carbonyl (C=O) groups excluding carboxylic acids is 1. The Bertz CT molecular complexity index is 1000. The van der Waals surface area contributed by atoms with E-state index in [1.165, 1.54) is 31.1 Å². The van der Waals surface area contributed by atoms with Gasteiger partial charge >= 0.3 is 0 Å². The summed E-state index contributed by atoms with van der Waals surface area (Å²) in [4.78, 5) is 23.2. The summed E-state index contributed by atoms with van der Waals surface area (Å²) in [6.07, 6.45) is 6.36. The van der Waals surface area contributed by atoms with Crippen LogP contribution in [0.4, 0.5) is 10.8 Å². The van der Waals surface area contributed by atoms with Gasteiger partial charge in [0.1, 0.15) is 0 Å². The van der Waals surface area contributed by atoms with Crippen LogP contribution in [0.1, 0.15) is 42.6 Å². The number of imidazole rings is 1. The first-order chi connectivity index (χ1) is 13.4. The van der Waals surface area contributed by atoms with Crippen LogP contribution in [0, 0.1) is 13.8 Å². The molecule has 2 heterocycles. The van der Waals surface area contributed by atoms with E-state index in [4.69, 9.17) is 16.6 Å². The Balaban J connectivity index is 1.56. The smallest absolute Gasteiger partial charge is 0.230 e. The minimum absolute atomic E-state index is 0.105. The summed E-state index contributed by atoms with van der Waals surface area (Å²) in [5, 5.41) is 4.23. The second kappa shape index (κ2) is 7.89. The molecule has 0 N–H and O–H groups in total. The number of halogens is 1. The topological polar surface area (TPSA) is 51.0 Å². The quantitative estimate of drug-likeness (QED) is 0.453. The molecule has 0 unspecified atom stereocenters. The molecular formula is C20H21ClN4OS2. The first-order valence-corrected chi connectivity index (χ1v) is 11.4. The minimum Gasteiger partial charge on any atom is -0.323 e. The number of thiazole rings is 1. The third-order valence-corrected chi connectivity index (χ3v) is 6.77. The van der Waals surface area contributed by atoms with Gasteiger partial charge in [-0.1, -0.05) is 29.4 Å². The Kier molecular flexibility index (Phi) is 5.49. The van der Waals surface area contributed by atoms with Crippen molar-refractivity contribution in [2.75, 3.05) is 4.90 Å². The SMILES string of the molecule is CC(=O)N(c1nc(CSc2nccn2C2CC2)cs1)c1c(C)cc(C)cc1Cl. The van der Waals surface area contributed by atoms with Crippen LogP contribution in [0.15, 0.2) is 35.1 Å². The molecule has 1 saturated carbocycles. The van der Waals surface area contributed by atoms with Crippen LogP contribution >= 0.6 is 34.7 Å². The van der Waals surface area contributed by atoms with E-state index in [0.717, 1.165) is 22.0 Å². The van der Waals surface area contributed by atoms with Gasteiger partial charge in [-0.15, -0.1) is 11.3 Å². The van der Waals surface area contributed by atoms with Gasteiger partial charge in [-0.25, -0.2) is 9.97 Å². The summed E-state index contributed by atoms with van der Waals surface area (Å²) in [7, 11) is 0. The molecule has 0 bridgehead atoms. The summed E-state index contributed by atoms with van der Waals surface area (Å²) >= 11 is 9.62. The highest BCUT2D eigenvalue weighted by Crippen LogP contribution is 2.40. The molecule has 0 spiro atoms. The maximum Gasteiger partial charge on any atom is 0.230 e. The van der Waals surface area contributed by atoms with E-state index in [-0.39, 0.29) is 5.91 Å². The molecule has 146 valence electrons. The van der Waals surface area contributed by atoms with Gasteiger partial charge in [-0.05, 0) is 43.9 Å². The number of aryl methyl sites for hydroxylation is 2. The van der Waals surface area contributed by atoms with E-state index < -0.39 is 0 Å². The van der Waals surface area contributed by atoms with Crippen LogP contribution < -0.4 is 4.90 Å². The Morgan fingerprint density at radius 2 is 2.18 bits per heavy atom. The molecule has 0 radical (unpaired) electrons. The summed E-state index contributed by atoms with van der Waals surface area (Å²) < 4.78 is 2.25. The molecule has 2 aromatic heterocycles. The van der Waals surface area contributed by atoms with Crippen LogP contribution in [0.2, 0.25) is 5.02 Å². The lowest BCUT2D eigenvalue weighted by molar-refractivity contribution is -0.115. The van der Waals surface area contributed by atoms with Crippen LogP contribution in [0.3, 0.4) is 0 Å². The molecule has 1 aliphatic carbocycles. The Morgan fingerprint density at radius 1 is 1.39 bits per heavy atom. The zero-order chi connectivity index (χ0) is 19.8. The van der Waals surface area contributed by atoms with Gasteiger partial charge in [-0.3, -0.25) is 9.69 Å². The van der Waals surface area contributed by atoms with Crippen LogP contribution in [0.5, 0.6) is 0 Å². The molecule has 1 aliphatic rings. The molecular weight excluding hydrogens is 412 g/mol. The first-order valence-electron chi connectivity index (χ1n) is 9.11. The summed E-state index contributed by atoms with van der Waals surface area (Å²) in [5.74, 6) is 0.610. The number of aromatic nitrogens is 3. The Labute approximate surface area is 177 Å². The molecule has 8 heteroatoms.